The number of rotatable bonds is 1. The second kappa shape index (κ2) is 2.90. The van der Waals surface area contributed by atoms with Gasteiger partial charge >= 0.3 is 5.69 Å². The lowest BCUT2D eigenvalue weighted by Gasteiger charge is -1.96. The van der Waals surface area contributed by atoms with Crippen LogP contribution in [-0.4, -0.2) is 14.3 Å². The first-order chi connectivity index (χ1) is 6.29. The quantitative estimate of drug-likeness (QED) is 0.635. The molecule has 4 nitrogen and oxygen atoms in total. The Balaban J connectivity index is 2.60. The lowest BCUT2D eigenvalue weighted by atomic mass is 10.3. The molecule has 4 heteroatoms. The molecule has 0 radical (unpaired) electrons. The van der Waals surface area contributed by atoms with E-state index in [-0.39, 0.29) is 5.69 Å². The molecule has 66 valence electrons. The Kier molecular flexibility index (Phi) is 1.73. The lowest BCUT2D eigenvalue weighted by Crippen LogP contribution is -2.21. The van der Waals surface area contributed by atoms with Crippen LogP contribution >= 0.6 is 0 Å². The van der Waals surface area contributed by atoms with Crippen LogP contribution in [0.1, 0.15) is 0 Å². The van der Waals surface area contributed by atoms with Gasteiger partial charge in [0.2, 0.25) is 0 Å². The first-order valence-electron chi connectivity index (χ1n) is 3.95. The van der Waals surface area contributed by atoms with E-state index in [2.05, 4.69) is 5.10 Å². The molecule has 0 N–H and O–H groups in total. The van der Waals surface area contributed by atoms with Crippen LogP contribution in [0.4, 0.5) is 0 Å². The van der Waals surface area contributed by atoms with Gasteiger partial charge in [-0.05, 0) is 12.1 Å². The van der Waals surface area contributed by atoms with Gasteiger partial charge in [-0.25, -0.2) is 4.79 Å². The number of benzene rings is 1. The first-order valence-corrected chi connectivity index (χ1v) is 3.95. The minimum Gasteiger partial charge on any atom is -0.284 e. The molecule has 0 bridgehead atoms. The van der Waals surface area contributed by atoms with Crippen molar-refractivity contribution in [1.82, 2.24) is 14.3 Å². The first kappa shape index (κ1) is 7.79. The number of aromatic nitrogens is 3. The molecule has 0 atom stereocenters. The molecule has 0 saturated heterocycles. The Bertz CT molecular complexity index is 455. The van der Waals surface area contributed by atoms with Gasteiger partial charge in [-0.3, -0.25) is 4.57 Å². The molecule has 1 aromatic carbocycles. The third kappa shape index (κ3) is 1.26. The van der Waals surface area contributed by atoms with Crippen LogP contribution in [0.5, 0.6) is 0 Å². The van der Waals surface area contributed by atoms with Crippen molar-refractivity contribution in [2.24, 2.45) is 7.05 Å². The molecular weight excluding hydrogens is 166 g/mol. The van der Waals surface area contributed by atoms with Gasteiger partial charge in [-0.2, -0.15) is 9.78 Å². The maximum absolute atomic E-state index is 11.4. The molecule has 0 aliphatic carbocycles. The van der Waals surface area contributed by atoms with Gasteiger partial charge in [0.05, 0.1) is 5.69 Å². The molecule has 0 fully saturated rings. The molecular formula is C9H9N3O. The molecule has 2 rings (SSSR count). The van der Waals surface area contributed by atoms with Gasteiger partial charge in [-0.1, -0.05) is 18.2 Å². The lowest BCUT2D eigenvalue weighted by molar-refractivity contribution is 0.799. The van der Waals surface area contributed by atoms with Gasteiger partial charge in [0.25, 0.3) is 0 Å². The fourth-order valence-electron chi connectivity index (χ4n) is 1.12. The molecule has 2 aromatic rings. The van der Waals surface area contributed by atoms with E-state index in [0.29, 0.717) is 0 Å². The summed E-state index contributed by atoms with van der Waals surface area (Å²) in [7, 11) is 1.68. The molecule has 13 heavy (non-hydrogen) atoms. The molecule has 1 heterocycles. The van der Waals surface area contributed by atoms with Gasteiger partial charge in [0, 0.05) is 7.05 Å². The van der Waals surface area contributed by atoms with E-state index in [1.807, 2.05) is 30.3 Å². The normalized spacial score (nSPS) is 10.2. The minimum absolute atomic E-state index is 0.133. The second-order valence-electron chi connectivity index (χ2n) is 2.77. The second-order valence-corrected chi connectivity index (χ2v) is 2.77. The predicted molar refractivity (Wildman–Crippen MR) is 48.8 cm³/mol. The fourth-order valence-corrected chi connectivity index (χ4v) is 1.12. The number of nitrogens with zero attached hydrogens (tertiary/aromatic N) is 3. The van der Waals surface area contributed by atoms with Crippen LogP contribution in [0.2, 0.25) is 0 Å². The third-order valence-electron chi connectivity index (χ3n) is 1.82. The van der Waals surface area contributed by atoms with Crippen LogP contribution in [0.3, 0.4) is 0 Å². The zero-order valence-electron chi connectivity index (χ0n) is 7.21. The van der Waals surface area contributed by atoms with Crippen LogP contribution < -0.4 is 5.69 Å². The summed E-state index contributed by atoms with van der Waals surface area (Å²) < 4.78 is 2.80. The Labute approximate surface area is 75.1 Å². The molecule has 1 aromatic heterocycles. The summed E-state index contributed by atoms with van der Waals surface area (Å²) in [6.07, 6.45) is 1.50. The molecule has 0 aliphatic rings. The smallest absolute Gasteiger partial charge is 0.284 e. The fraction of sp³-hybridized carbons (Fsp3) is 0.111. The average Bonchev–Trinajstić information content (AvgIpc) is 2.49. The van der Waals surface area contributed by atoms with Crippen molar-refractivity contribution in [3.63, 3.8) is 0 Å². The van der Waals surface area contributed by atoms with Crippen molar-refractivity contribution in [3.05, 3.63) is 47.1 Å². The van der Waals surface area contributed by atoms with Gasteiger partial charge < -0.3 is 0 Å². The Hall–Kier alpha value is -1.84. The van der Waals surface area contributed by atoms with Crippen LogP contribution in [0.25, 0.3) is 5.69 Å². The van der Waals surface area contributed by atoms with Gasteiger partial charge in [0.1, 0.15) is 6.33 Å². The van der Waals surface area contributed by atoms with Crippen molar-refractivity contribution >= 4 is 0 Å². The largest absolute Gasteiger partial charge is 0.350 e. The summed E-state index contributed by atoms with van der Waals surface area (Å²) in [5.41, 5.74) is 0.652. The van der Waals surface area contributed by atoms with Crippen molar-refractivity contribution in [2.45, 2.75) is 0 Å². The summed E-state index contributed by atoms with van der Waals surface area (Å²) in [6.45, 7) is 0. The molecule has 0 amide bonds. The summed E-state index contributed by atoms with van der Waals surface area (Å²) in [5.74, 6) is 0. The average molecular weight is 175 g/mol. The molecule has 0 unspecified atom stereocenters. The van der Waals surface area contributed by atoms with E-state index in [1.54, 1.807) is 7.05 Å². The number of para-hydroxylation sites is 1. The van der Waals surface area contributed by atoms with E-state index in [1.165, 1.54) is 15.6 Å². The van der Waals surface area contributed by atoms with Crippen molar-refractivity contribution < 1.29 is 0 Å². The highest BCUT2D eigenvalue weighted by molar-refractivity contribution is 5.29. The Morgan fingerprint density at radius 1 is 1.23 bits per heavy atom. The SMILES string of the molecule is Cn1cnn(-c2ccccc2)c1=O. The number of aryl methyl sites for hydroxylation is 1. The molecule has 0 aliphatic heterocycles. The van der Waals surface area contributed by atoms with Crippen LogP contribution in [0.15, 0.2) is 41.5 Å². The topological polar surface area (TPSA) is 39.8 Å². The summed E-state index contributed by atoms with van der Waals surface area (Å²) in [6, 6.07) is 9.33. The van der Waals surface area contributed by atoms with Crippen molar-refractivity contribution in [2.75, 3.05) is 0 Å². The molecule has 0 saturated carbocycles. The van der Waals surface area contributed by atoms with E-state index in [9.17, 15) is 4.79 Å². The third-order valence-corrected chi connectivity index (χ3v) is 1.82. The van der Waals surface area contributed by atoms with Crippen molar-refractivity contribution in [3.8, 4) is 5.69 Å². The number of hydrogen-bond acceptors (Lipinski definition) is 2. The Morgan fingerprint density at radius 2 is 1.92 bits per heavy atom. The van der Waals surface area contributed by atoms with Crippen LogP contribution in [0, 0.1) is 0 Å². The minimum atomic E-state index is -0.133. The highest BCUT2D eigenvalue weighted by atomic mass is 16.2. The maximum Gasteiger partial charge on any atom is 0.350 e. The molecule has 0 spiro atoms. The predicted octanol–water partition coefficient (Wildman–Crippen LogP) is 0.571. The Morgan fingerprint density at radius 3 is 2.46 bits per heavy atom. The summed E-state index contributed by atoms with van der Waals surface area (Å²) in [5, 5.41) is 3.95. The zero-order valence-corrected chi connectivity index (χ0v) is 7.21. The van der Waals surface area contributed by atoms with Gasteiger partial charge in [-0.15, -0.1) is 0 Å². The van der Waals surface area contributed by atoms with E-state index < -0.39 is 0 Å². The van der Waals surface area contributed by atoms with Crippen molar-refractivity contribution in [1.29, 1.82) is 0 Å². The highest BCUT2D eigenvalue weighted by Crippen LogP contribution is 2.00. The van der Waals surface area contributed by atoms with E-state index in [0.717, 1.165) is 5.69 Å². The van der Waals surface area contributed by atoms with Crippen LogP contribution in [-0.2, 0) is 7.05 Å². The van der Waals surface area contributed by atoms with E-state index >= 15 is 0 Å². The number of hydrogen-bond donors (Lipinski definition) is 0. The van der Waals surface area contributed by atoms with Gasteiger partial charge in [0.15, 0.2) is 0 Å². The monoisotopic (exact) mass is 175 g/mol. The standard InChI is InChI=1S/C9H9N3O/c1-11-7-10-12(9(11)13)8-5-3-2-4-6-8/h2-7H,1H3. The summed E-state index contributed by atoms with van der Waals surface area (Å²) >= 11 is 0. The summed E-state index contributed by atoms with van der Waals surface area (Å²) in [4.78, 5) is 11.4. The maximum atomic E-state index is 11.4. The highest BCUT2D eigenvalue weighted by Gasteiger charge is 2.01. The zero-order chi connectivity index (χ0) is 9.26. The van der Waals surface area contributed by atoms with E-state index in [4.69, 9.17) is 0 Å².